The summed E-state index contributed by atoms with van der Waals surface area (Å²) >= 11 is 0. The van der Waals surface area contributed by atoms with Crippen LogP contribution in [0.3, 0.4) is 0 Å². The number of aliphatic carboxylic acids is 2. The van der Waals surface area contributed by atoms with Crippen molar-refractivity contribution >= 4 is 11.9 Å². The van der Waals surface area contributed by atoms with Crippen LogP contribution in [0.25, 0.3) is 0 Å². The Morgan fingerprint density at radius 3 is 1.62 bits per heavy atom. The van der Waals surface area contributed by atoms with E-state index in [9.17, 15) is 9.59 Å². The summed E-state index contributed by atoms with van der Waals surface area (Å²) in [6, 6.07) is 0. The zero-order valence-corrected chi connectivity index (χ0v) is 15.3. The molecule has 0 radical (unpaired) electrons. The van der Waals surface area contributed by atoms with Gasteiger partial charge in [0.1, 0.15) is 0 Å². The maximum Gasteiger partial charge on any atom is 0.333 e. The van der Waals surface area contributed by atoms with E-state index in [0.29, 0.717) is 46.2 Å². The van der Waals surface area contributed by atoms with Gasteiger partial charge >= 0.3 is 11.9 Å². The molecule has 4 N–H and O–H groups in total. The highest BCUT2D eigenvalue weighted by atomic mass is 16.5. The topological polar surface area (TPSA) is 152 Å². The highest BCUT2D eigenvalue weighted by Gasteiger charge is 2.20. The van der Waals surface area contributed by atoms with Gasteiger partial charge in [0, 0.05) is 6.61 Å². The third kappa shape index (κ3) is 22.7. The molecule has 0 fully saturated rings. The second-order valence-electron chi connectivity index (χ2n) is 4.93. The van der Waals surface area contributed by atoms with E-state index >= 15 is 0 Å². The van der Waals surface area contributed by atoms with Crippen LogP contribution in [-0.4, -0.2) is 97.9 Å². The van der Waals surface area contributed by atoms with Gasteiger partial charge in [0.25, 0.3) is 0 Å². The number of unbranched alkanes of at least 4 members (excludes halogenated alkanes) is 1. The molecule has 1 atom stereocenters. The molecule has 0 aliphatic rings. The summed E-state index contributed by atoms with van der Waals surface area (Å²) in [5.41, 5.74) is 0. The standard InChI is InChI=1S/C8H18O5.C8H14O5/c9-1-3-11-5-7-13-8-6-12-4-2-10;1-2-3-4-13-6(8(11)12)5-7(9)10/h9-10H,1-8H2;6H,2-5H2,1H3,(H,9,10)(H,11,12). The van der Waals surface area contributed by atoms with Crippen LogP contribution in [0.4, 0.5) is 0 Å². The number of ether oxygens (including phenoxy) is 4. The summed E-state index contributed by atoms with van der Waals surface area (Å²) in [4.78, 5) is 20.6. The average molecular weight is 384 g/mol. The Labute approximate surface area is 153 Å². The summed E-state index contributed by atoms with van der Waals surface area (Å²) in [7, 11) is 0. The minimum Gasteiger partial charge on any atom is -0.481 e. The molecule has 1 unspecified atom stereocenters. The first-order valence-corrected chi connectivity index (χ1v) is 8.50. The van der Waals surface area contributed by atoms with Gasteiger partial charge in [-0.3, -0.25) is 4.79 Å². The van der Waals surface area contributed by atoms with Gasteiger partial charge in [-0.05, 0) is 6.42 Å². The lowest BCUT2D eigenvalue weighted by atomic mass is 10.2. The molecule has 0 aromatic rings. The lowest BCUT2D eigenvalue weighted by Crippen LogP contribution is -2.27. The first kappa shape index (κ1) is 26.9. The van der Waals surface area contributed by atoms with E-state index in [0.717, 1.165) is 12.8 Å². The molecule has 26 heavy (non-hydrogen) atoms. The summed E-state index contributed by atoms with van der Waals surface area (Å²) in [6.45, 7) is 5.00. The van der Waals surface area contributed by atoms with Crippen molar-refractivity contribution in [1.29, 1.82) is 0 Å². The van der Waals surface area contributed by atoms with Crippen molar-refractivity contribution in [1.82, 2.24) is 0 Å². The summed E-state index contributed by atoms with van der Waals surface area (Å²) in [5, 5.41) is 33.6. The predicted molar refractivity (Wildman–Crippen MR) is 91.2 cm³/mol. The van der Waals surface area contributed by atoms with Crippen molar-refractivity contribution in [3.05, 3.63) is 0 Å². The highest BCUT2D eigenvalue weighted by Crippen LogP contribution is 2.01. The van der Waals surface area contributed by atoms with Crippen molar-refractivity contribution < 1.29 is 49.0 Å². The molecule has 0 heterocycles. The van der Waals surface area contributed by atoms with Crippen LogP contribution >= 0.6 is 0 Å². The zero-order chi connectivity index (χ0) is 20.0. The van der Waals surface area contributed by atoms with E-state index in [2.05, 4.69) is 0 Å². The van der Waals surface area contributed by atoms with Crippen molar-refractivity contribution in [2.24, 2.45) is 0 Å². The monoisotopic (exact) mass is 384 g/mol. The van der Waals surface area contributed by atoms with Gasteiger partial charge < -0.3 is 39.4 Å². The lowest BCUT2D eigenvalue weighted by Gasteiger charge is -2.10. The van der Waals surface area contributed by atoms with E-state index in [1.807, 2.05) is 6.92 Å². The maximum atomic E-state index is 10.4. The van der Waals surface area contributed by atoms with E-state index < -0.39 is 24.5 Å². The van der Waals surface area contributed by atoms with Crippen molar-refractivity contribution in [3.8, 4) is 0 Å². The molecule has 10 nitrogen and oxygen atoms in total. The fourth-order valence-corrected chi connectivity index (χ4v) is 1.42. The smallest absolute Gasteiger partial charge is 0.333 e. The van der Waals surface area contributed by atoms with Gasteiger partial charge in [0.15, 0.2) is 6.10 Å². The maximum absolute atomic E-state index is 10.4. The molecule has 0 saturated carbocycles. The molecule has 0 aromatic carbocycles. The van der Waals surface area contributed by atoms with E-state index in [1.165, 1.54) is 0 Å². The van der Waals surface area contributed by atoms with Crippen LogP contribution in [0.5, 0.6) is 0 Å². The van der Waals surface area contributed by atoms with Crippen LogP contribution in [0.15, 0.2) is 0 Å². The minimum atomic E-state index is -1.22. The highest BCUT2D eigenvalue weighted by molar-refractivity contribution is 5.79. The summed E-state index contributed by atoms with van der Waals surface area (Å²) in [5.74, 6) is -2.39. The van der Waals surface area contributed by atoms with Crippen molar-refractivity contribution in [2.45, 2.75) is 32.3 Å². The number of hydrogen-bond donors (Lipinski definition) is 4. The normalized spacial score (nSPS) is 11.5. The second-order valence-corrected chi connectivity index (χ2v) is 4.93. The molecule has 0 aliphatic carbocycles. The Morgan fingerprint density at radius 2 is 1.27 bits per heavy atom. The molecular weight excluding hydrogens is 352 g/mol. The Morgan fingerprint density at radius 1 is 0.808 bits per heavy atom. The first-order chi connectivity index (χ1) is 12.5. The average Bonchev–Trinajstić information content (AvgIpc) is 2.60. The SMILES string of the molecule is CCCCOC(CC(=O)O)C(=O)O.OCCOCCOCCOCCO. The fourth-order valence-electron chi connectivity index (χ4n) is 1.42. The Hall–Kier alpha value is -1.30. The number of carbonyl (C=O) groups is 2. The number of carboxylic acid groups (broad SMARTS) is 2. The third-order valence-electron chi connectivity index (χ3n) is 2.67. The molecule has 0 bridgehead atoms. The van der Waals surface area contributed by atoms with E-state index in [4.69, 9.17) is 39.4 Å². The summed E-state index contributed by atoms with van der Waals surface area (Å²) < 4.78 is 19.9. The fraction of sp³-hybridized carbons (Fsp3) is 0.875. The van der Waals surface area contributed by atoms with Gasteiger partial charge in [0.2, 0.25) is 0 Å². The lowest BCUT2D eigenvalue weighted by molar-refractivity contribution is -0.156. The van der Waals surface area contributed by atoms with Crippen molar-refractivity contribution in [3.63, 3.8) is 0 Å². The molecule has 0 saturated heterocycles. The Balaban J connectivity index is 0. The number of hydrogen-bond acceptors (Lipinski definition) is 8. The van der Waals surface area contributed by atoms with Gasteiger partial charge in [-0.2, -0.15) is 0 Å². The molecule has 0 spiro atoms. The van der Waals surface area contributed by atoms with Crippen LogP contribution in [0, 0.1) is 0 Å². The quantitative estimate of drug-likeness (QED) is 0.247. The Kier molecular flexibility index (Phi) is 22.5. The number of carboxylic acids is 2. The van der Waals surface area contributed by atoms with Gasteiger partial charge in [-0.25, -0.2) is 4.79 Å². The largest absolute Gasteiger partial charge is 0.481 e. The van der Waals surface area contributed by atoms with Crippen molar-refractivity contribution in [2.75, 3.05) is 59.5 Å². The molecule has 0 aromatic heterocycles. The van der Waals surface area contributed by atoms with Crippen LogP contribution in [0.2, 0.25) is 0 Å². The van der Waals surface area contributed by atoms with E-state index in [-0.39, 0.29) is 13.2 Å². The van der Waals surface area contributed by atoms with Crippen LogP contribution < -0.4 is 0 Å². The molecule has 0 aliphatic heterocycles. The van der Waals surface area contributed by atoms with E-state index in [1.54, 1.807) is 0 Å². The third-order valence-corrected chi connectivity index (χ3v) is 2.67. The molecule has 10 heteroatoms. The van der Waals surface area contributed by atoms with Gasteiger partial charge in [0.05, 0.1) is 59.3 Å². The molecule has 156 valence electrons. The first-order valence-electron chi connectivity index (χ1n) is 8.50. The molecule has 0 amide bonds. The second kappa shape index (κ2) is 21.7. The minimum absolute atomic E-state index is 0.0413. The number of rotatable bonds is 17. The zero-order valence-electron chi connectivity index (χ0n) is 15.3. The van der Waals surface area contributed by atoms with Gasteiger partial charge in [-0.15, -0.1) is 0 Å². The van der Waals surface area contributed by atoms with Crippen LogP contribution in [0.1, 0.15) is 26.2 Å². The summed E-state index contributed by atoms with van der Waals surface area (Å²) in [6.07, 6.45) is -0.0777. The van der Waals surface area contributed by atoms with Crippen LogP contribution in [-0.2, 0) is 28.5 Å². The number of aliphatic hydroxyl groups excluding tert-OH is 2. The van der Waals surface area contributed by atoms with Gasteiger partial charge in [-0.1, -0.05) is 13.3 Å². The molecule has 0 rings (SSSR count). The molecular formula is C16H32O10. The number of aliphatic hydroxyl groups is 2. The Bertz CT molecular complexity index is 314. The predicted octanol–water partition coefficient (Wildman–Crippen LogP) is -0.248.